The molecule has 0 radical (unpaired) electrons. The summed E-state index contributed by atoms with van der Waals surface area (Å²) < 4.78 is 47.4. The van der Waals surface area contributed by atoms with E-state index in [9.17, 15) is 18.0 Å². The highest BCUT2D eigenvalue weighted by molar-refractivity contribution is 5.96. The third-order valence-electron chi connectivity index (χ3n) is 5.99. The summed E-state index contributed by atoms with van der Waals surface area (Å²) in [5, 5.41) is 0. The molecule has 0 N–H and O–H groups in total. The van der Waals surface area contributed by atoms with E-state index in [0.29, 0.717) is 13.2 Å². The minimum Gasteiger partial charge on any atom is -0.492 e. The molecule has 1 unspecified atom stereocenters. The highest BCUT2D eigenvalue weighted by atomic mass is 19.4. The molecule has 1 fully saturated rings. The quantitative estimate of drug-likeness (QED) is 0.370. The predicted molar refractivity (Wildman–Crippen MR) is 123 cm³/mol. The summed E-state index contributed by atoms with van der Waals surface area (Å²) in [6.45, 7) is 1.21. The van der Waals surface area contributed by atoms with Gasteiger partial charge in [-0.05, 0) is 42.5 Å². The fourth-order valence-electron chi connectivity index (χ4n) is 4.39. The lowest BCUT2D eigenvalue weighted by atomic mass is 10.1. The maximum atomic E-state index is 13.2. The first-order valence-electron chi connectivity index (χ1n) is 11.0. The number of aromatic nitrogens is 2. The number of halogens is 3. The van der Waals surface area contributed by atoms with Crippen molar-refractivity contribution in [3.8, 4) is 5.75 Å². The lowest BCUT2D eigenvalue weighted by Crippen LogP contribution is -2.25. The minimum absolute atomic E-state index is 0.180. The Morgan fingerprint density at radius 1 is 0.971 bits per heavy atom. The van der Waals surface area contributed by atoms with Gasteiger partial charge in [0.15, 0.2) is 0 Å². The molecule has 34 heavy (non-hydrogen) atoms. The monoisotopic (exact) mass is 465 g/mol. The number of ether oxygens (including phenoxy) is 1. The van der Waals surface area contributed by atoms with Crippen LogP contribution >= 0.6 is 0 Å². The molecule has 8 heteroatoms. The van der Waals surface area contributed by atoms with E-state index in [1.54, 1.807) is 0 Å². The number of hydrogen-bond acceptors (Lipinski definition) is 3. The van der Waals surface area contributed by atoms with Crippen molar-refractivity contribution in [1.29, 1.82) is 0 Å². The van der Waals surface area contributed by atoms with Gasteiger partial charge in [0.25, 0.3) is 0 Å². The molecule has 5 rings (SSSR count). The van der Waals surface area contributed by atoms with Gasteiger partial charge in [0.05, 0.1) is 23.1 Å². The molecule has 1 aliphatic heterocycles. The van der Waals surface area contributed by atoms with E-state index in [-0.39, 0.29) is 30.5 Å². The molecule has 1 aromatic heterocycles. The van der Waals surface area contributed by atoms with Crippen LogP contribution in [0.2, 0.25) is 0 Å². The van der Waals surface area contributed by atoms with Gasteiger partial charge < -0.3 is 14.2 Å². The SMILES string of the molecule is O=C1CC(c2nc3ccccc3n2CCOc2ccccc2)CN1c1cccc(C(F)(F)F)c1. The molecular weight excluding hydrogens is 443 g/mol. The molecule has 1 saturated heterocycles. The Kier molecular flexibility index (Phi) is 5.73. The summed E-state index contributed by atoms with van der Waals surface area (Å²) in [7, 11) is 0. The Balaban J connectivity index is 1.41. The molecular formula is C26H22F3N3O2. The number of nitrogens with zero attached hydrogens (tertiary/aromatic N) is 3. The molecule has 0 aliphatic carbocycles. The fraction of sp³-hybridized carbons (Fsp3) is 0.231. The van der Waals surface area contributed by atoms with E-state index in [1.165, 1.54) is 17.0 Å². The largest absolute Gasteiger partial charge is 0.492 e. The summed E-state index contributed by atoms with van der Waals surface area (Å²) in [5.74, 6) is 1.04. The standard InChI is InChI=1S/C26H22F3N3O2/c27-26(28,29)19-7-6-8-20(16-19)32-17-18(15-24(32)33)25-30-22-11-4-5-12-23(22)31(25)13-14-34-21-9-2-1-3-10-21/h1-12,16,18H,13-15,17H2. The first-order valence-corrected chi connectivity index (χ1v) is 11.0. The normalized spacial score (nSPS) is 16.4. The Hall–Kier alpha value is -3.81. The second kappa shape index (κ2) is 8.85. The van der Waals surface area contributed by atoms with Gasteiger partial charge in [-0.1, -0.05) is 36.4 Å². The average molecular weight is 465 g/mol. The molecule has 1 amide bonds. The van der Waals surface area contributed by atoms with Gasteiger partial charge >= 0.3 is 6.18 Å². The Bertz CT molecular complexity index is 1320. The predicted octanol–water partition coefficient (Wildman–Crippen LogP) is 5.65. The molecule has 0 spiro atoms. The highest BCUT2D eigenvalue weighted by Crippen LogP contribution is 2.36. The van der Waals surface area contributed by atoms with E-state index in [1.807, 2.05) is 59.2 Å². The zero-order chi connectivity index (χ0) is 23.7. The third kappa shape index (κ3) is 4.35. The Labute approximate surface area is 194 Å². The second-order valence-corrected chi connectivity index (χ2v) is 8.23. The number of benzene rings is 3. The van der Waals surface area contributed by atoms with Crippen LogP contribution in [0.3, 0.4) is 0 Å². The third-order valence-corrected chi connectivity index (χ3v) is 5.99. The number of alkyl halides is 3. The second-order valence-electron chi connectivity index (χ2n) is 8.23. The van der Waals surface area contributed by atoms with Crippen LogP contribution in [0.5, 0.6) is 5.75 Å². The maximum Gasteiger partial charge on any atom is 0.416 e. The molecule has 0 saturated carbocycles. The van der Waals surface area contributed by atoms with Crippen LogP contribution in [0, 0.1) is 0 Å². The fourth-order valence-corrected chi connectivity index (χ4v) is 4.39. The summed E-state index contributed by atoms with van der Waals surface area (Å²) in [6, 6.07) is 22.1. The molecule has 1 aliphatic rings. The number of carbonyl (C=O) groups is 1. The zero-order valence-corrected chi connectivity index (χ0v) is 18.2. The lowest BCUT2D eigenvalue weighted by Gasteiger charge is -2.19. The van der Waals surface area contributed by atoms with E-state index in [4.69, 9.17) is 9.72 Å². The van der Waals surface area contributed by atoms with Gasteiger partial charge in [0.2, 0.25) is 5.91 Å². The summed E-state index contributed by atoms with van der Waals surface area (Å²) in [6.07, 6.45) is -4.29. The number of fused-ring (bicyclic) bond motifs is 1. The lowest BCUT2D eigenvalue weighted by molar-refractivity contribution is -0.137. The molecule has 0 bridgehead atoms. The number of rotatable bonds is 6. The van der Waals surface area contributed by atoms with Crippen LogP contribution in [0.25, 0.3) is 11.0 Å². The van der Waals surface area contributed by atoms with Gasteiger partial charge in [-0.2, -0.15) is 13.2 Å². The van der Waals surface area contributed by atoms with Crippen LogP contribution in [0.1, 0.15) is 23.7 Å². The van der Waals surface area contributed by atoms with Crippen molar-refractivity contribution >= 4 is 22.6 Å². The first kappa shape index (κ1) is 22.0. The molecule has 5 nitrogen and oxygen atoms in total. The van der Waals surface area contributed by atoms with Crippen molar-refractivity contribution in [1.82, 2.24) is 9.55 Å². The van der Waals surface area contributed by atoms with E-state index in [0.717, 1.165) is 34.7 Å². The minimum atomic E-state index is -4.47. The summed E-state index contributed by atoms with van der Waals surface area (Å²) in [4.78, 5) is 19.0. The van der Waals surface area contributed by atoms with Crippen molar-refractivity contribution in [3.63, 3.8) is 0 Å². The average Bonchev–Trinajstić information content (AvgIpc) is 3.40. The Morgan fingerprint density at radius 2 is 1.74 bits per heavy atom. The van der Waals surface area contributed by atoms with Gasteiger partial charge in [-0.3, -0.25) is 4.79 Å². The van der Waals surface area contributed by atoms with Crippen molar-refractivity contribution in [3.05, 3.63) is 90.3 Å². The number of carbonyl (C=O) groups excluding carboxylic acids is 1. The van der Waals surface area contributed by atoms with Crippen LogP contribution in [-0.4, -0.2) is 28.6 Å². The van der Waals surface area contributed by atoms with Gasteiger partial charge in [0, 0.05) is 24.6 Å². The molecule has 1 atom stereocenters. The van der Waals surface area contributed by atoms with Gasteiger partial charge in [0.1, 0.15) is 18.2 Å². The number of anilines is 1. The number of imidazole rings is 1. The molecule has 4 aromatic rings. The summed E-state index contributed by atoms with van der Waals surface area (Å²) >= 11 is 0. The maximum absolute atomic E-state index is 13.2. The van der Waals surface area contributed by atoms with Gasteiger partial charge in [-0.25, -0.2) is 4.98 Å². The van der Waals surface area contributed by atoms with E-state index in [2.05, 4.69) is 0 Å². The number of hydrogen-bond donors (Lipinski definition) is 0. The zero-order valence-electron chi connectivity index (χ0n) is 18.2. The molecule has 2 heterocycles. The Morgan fingerprint density at radius 3 is 2.53 bits per heavy atom. The number of para-hydroxylation sites is 3. The number of amides is 1. The van der Waals surface area contributed by atoms with Crippen molar-refractivity contribution in [2.45, 2.75) is 25.1 Å². The smallest absolute Gasteiger partial charge is 0.416 e. The van der Waals surface area contributed by atoms with Crippen molar-refractivity contribution < 1.29 is 22.7 Å². The van der Waals surface area contributed by atoms with E-state index >= 15 is 0 Å². The van der Waals surface area contributed by atoms with Crippen LogP contribution in [-0.2, 0) is 17.5 Å². The van der Waals surface area contributed by atoms with Crippen molar-refractivity contribution in [2.24, 2.45) is 0 Å². The topological polar surface area (TPSA) is 47.4 Å². The van der Waals surface area contributed by atoms with Crippen LogP contribution < -0.4 is 9.64 Å². The van der Waals surface area contributed by atoms with Crippen LogP contribution in [0.15, 0.2) is 78.9 Å². The van der Waals surface area contributed by atoms with E-state index < -0.39 is 11.7 Å². The van der Waals surface area contributed by atoms with Crippen molar-refractivity contribution in [2.75, 3.05) is 18.1 Å². The summed E-state index contributed by atoms with van der Waals surface area (Å²) in [5.41, 5.74) is 1.21. The van der Waals surface area contributed by atoms with Crippen LogP contribution in [0.4, 0.5) is 18.9 Å². The van der Waals surface area contributed by atoms with Gasteiger partial charge in [-0.15, -0.1) is 0 Å². The molecule has 3 aromatic carbocycles. The first-order chi connectivity index (χ1) is 16.4. The highest BCUT2D eigenvalue weighted by Gasteiger charge is 2.36. The molecule has 174 valence electrons.